The molecule has 1 amide bonds. The maximum Gasteiger partial charge on any atom is 0.410 e. The third kappa shape index (κ3) is 3.81. The second-order valence-electron chi connectivity index (χ2n) is 9.21. The molecule has 8 nitrogen and oxygen atoms in total. The van der Waals surface area contributed by atoms with E-state index in [4.69, 9.17) is 4.74 Å². The molecule has 1 saturated heterocycles. The van der Waals surface area contributed by atoms with Crippen LogP contribution in [0.25, 0.3) is 11.2 Å². The molecule has 0 aliphatic carbocycles. The predicted octanol–water partition coefficient (Wildman–Crippen LogP) is 2.60. The van der Waals surface area contributed by atoms with E-state index < -0.39 is 22.1 Å². The van der Waals surface area contributed by atoms with Gasteiger partial charge >= 0.3 is 17.2 Å². The third-order valence-electron chi connectivity index (χ3n) is 5.03. The molecule has 28 heavy (non-hydrogen) atoms. The van der Waals surface area contributed by atoms with Crippen LogP contribution in [0.15, 0.2) is 21.9 Å². The molecule has 152 valence electrons. The molecular formula is C20H28N4O4. The zero-order valence-electron chi connectivity index (χ0n) is 17.3. The number of carbonyl (C=O) groups excluding carboxylic acids is 1. The lowest BCUT2D eigenvalue weighted by atomic mass is 9.79. The highest BCUT2D eigenvalue weighted by molar-refractivity contribution is 5.71. The highest BCUT2D eigenvalue weighted by Crippen LogP contribution is 2.39. The number of pyridine rings is 1. The molecule has 1 N–H and O–H groups in total. The molecule has 2 aromatic heterocycles. The first kappa shape index (κ1) is 20.1. The van der Waals surface area contributed by atoms with Gasteiger partial charge < -0.3 is 14.6 Å². The zero-order valence-corrected chi connectivity index (χ0v) is 17.3. The van der Waals surface area contributed by atoms with E-state index in [9.17, 15) is 14.4 Å². The summed E-state index contributed by atoms with van der Waals surface area (Å²) < 4.78 is 6.99. The van der Waals surface area contributed by atoms with Gasteiger partial charge in [-0.15, -0.1) is 0 Å². The van der Waals surface area contributed by atoms with Crippen molar-refractivity contribution >= 4 is 17.3 Å². The molecule has 3 rings (SSSR count). The summed E-state index contributed by atoms with van der Waals surface area (Å²) in [5.41, 5.74) is -0.411. The van der Waals surface area contributed by atoms with E-state index in [1.165, 1.54) is 4.57 Å². The Morgan fingerprint density at radius 3 is 2.61 bits per heavy atom. The van der Waals surface area contributed by atoms with E-state index in [-0.39, 0.29) is 12.1 Å². The fraction of sp³-hybridized carbons (Fsp3) is 0.600. The zero-order chi connectivity index (χ0) is 20.9. The number of nitrogens with one attached hydrogen (secondary N) is 1. The summed E-state index contributed by atoms with van der Waals surface area (Å²) in [4.78, 5) is 46.2. The summed E-state index contributed by atoms with van der Waals surface area (Å²) >= 11 is 0. The summed E-state index contributed by atoms with van der Waals surface area (Å²) in [5.74, 6) is 0. The van der Waals surface area contributed by atoms with Crippen molar-refractivity contribution in [3.63, 3.8) is 0 Å². The molecule has 1 atom stereocenters. The lowest BCUT2D eigenvalue weighted by Crippen LogP contribution is -2.53. The van der Waals surface area contributed by atoms with Crippen molar-refractivity contribution < 1.29 is 9.53 Å². The summed E-state index contributed by atoms with van der Waals surface area (Å²) in [7, 11) is 0. The molecule has 0 radical (unpaired) electrons. The largest absolute Gasteiger partial charge is 0.444 e. The first-order valence-electron chi connectivity index (χ1n) is 9.48. The maximum absolute atomic E-state index is 12.7. The highest BCUT2D eigenvalue weighted by atomic mass is 16.6. The lowest BCUT2D eigenvalue weighted by Gasteiger charge is -2.44. The molecule has 2 aromatic rings. The Kier molecular flexibility index (Phi) is 4.85. The molecule has 1 aliphatic heterocycles. The minimum atomic E-state index is -0.662. The van der Waals surface area contributed by atoms with E-state index in [0.29, 0.717) is 30.7 Å². The smallest absolute Gasteiger partial charge is 0.410 e. The van der Waals surface area contributed by atoms with Gasteiger partial charge in [0.25, 0.3) is 0 Å². The van der Waals surface area contributed by atoms with Crippen LogP contribution in [0.4, 0.5) is 4.79 Å². The minimum absolute atomic E-state index is 0.265. The number of H-pyrrole nitrogens is 1. The maximum atomic E-state index is 12.7. The Bertz CT molecular complexity index is 1030. The van der Waals surface area contributed by atoms with Gasteiger partial charge in [0.15, 0.2) is 5.65 Å². The average Bonchev–Trinajstić information content (AvgIpc) is 2.54. The molecular weight excluding hydrogens is 360 g/mol. The monoisotopic (exact) mass is 388 g/mol. The van der Waals surface area contributed by atoms with Crippen molar-refractivity contribution in [2.75, 3.05) is 13.1 Å². The predicted molar refractivity (Wildman–Crippen MR) is 107 cm³/mol. The number of piperidine rings is 1. The van der Waals surface area contributed by atoms with Crippen LogP contribution in [0.1, 0.15) is 52.6 Å². The molecule has 0 saturated carbocycles. The number of nitrogens with zero attached hydrogens (tertiary/aromatic N) is 3. The Labute approximate surface area is 163 Å². The van der Waals surface area contributed by atoms with Crippen LogP contribution in [0.2, 0.25) is 0 Å². The summed E-state index contributed by atoms with van der Waals surface area (Å²) in [6.45, 7) is 12.2. The number of rotatable bonds is 1. The number of ether oxygens (including phenoxy) is 1. The van der Waals surface area contributed by atoms with Crippen molar-refractivity contribution in [3.8, 4) is 0 Å². The first-order valence-corrected chi connectivity index (χ1v) is 9.48. The van der Waals surface area contributed by atoms with Gasteiger partial charge in [-0.25, -0.2) is 9.78 Å². The van der Waals surface area contributed by atoms with E-state index in [1.54, 1.807) is 11.1 Å². The highest BCUT2D eigenvalue weighted by Gasteiger charge is 2.41. The molecule has 0 aromatic carbocycles. The summed E-state index contributed by atoms with van der Waals surface area (Å²) in [6.07, 6.45) is 1.84. The third-order valence-corrected chi connectivity index (χ3v) is 5.03. The van der Waals surface area contributed by atoms with Crippen LogP contribution in [-0.4, -0.2) is 44.2 Å². The standard InChI is InChI=1S/C20H28N4O4/c1-12-9-13-15(21-10-12)24(17(26)16(25)22-13)14-7-8-23(11-20(14,5)6)18(27)28-19(2,3)4/h9-10,14H,7-8,11H2,1-6H3,(H,22,25). The molecule has 1 aliphatic rings. The van der Waals surface area contributed by atoms with Crippen molar-refractivity contribution in [2.45, 2.75) is 59.6 Å². The summed E-state index contributed by atoms with van der Waals surface area (Å²) in [5, 5.41) is 0. The number of carbonyl (C=O) groups is 1. The van der Waals surface area contributed by atoms with Crippen LogP contribution >= 0.6 is 0 Å². The number of likely N-dealkylation sites (tertiary alicyclic amines) is 1. The normalized spacial score (nSPS) is 19.6. The second kappa shape index (κ2) is 6.76. The number of aromatic amines is 1. The number of fused-ring (bicyclic) bond motifs is 1. The van der Waals surface area contributed by atoms with E-state index >= 15 is 0 Å². The Balaban J connectivity index is 2.00. The molecule has 1 fully saturated rings. The fourth-order valence-corrected chi connectivity index (χ4v) is 3.82. The van der Waals surface area contributed by atoms with Gasteiger partial charge in [0.2, 0.25) is 0 Å². The van der Waals surface area contributed by atoms with Gasteiger partial charge in [-0.2, -0.15) is 0 Å². The van der Waals surface area contributed by atoms with E-state index in [1.807, 2.05) is 47.6 Å². The van der Waals surface area contributed by atoms with Gasteiger partial charge in [-0.05, 0) is 45.7 Å². The van der Waals surface area contributed by atoms with Crippen molar-refractivity contribution in [3.05, 3.63) is 38.5 Å². The van der Waals surface area contributed by atoms with Crippen LogP contribution in [-0.2, 0) is 4.74 Å². The van der Waals surface area contributed by atoms with Gasteiger partial charge in [-0.1, -0.05) is 13.8 Å². The van der Waals surface area contributed by atoms with Crippen LogP contribution in [0.3, 0.4) is 0 Å². The topological polar surface area (TPSA) is 97.3 Å². The van der Waals surface area contributed by atoms with E-state index in [2.05, 4.69) is 9.97 Å². The van der Waals surface area contributed by atoms with Crippen molar-refractivity contribution in [2.24, 2.45) is 5.41 Å². The number of aromatic nitrogens is 3. The van der Waals surface area contributed by atoms with Crippen LogP contribution in [0.5, 0.6) is 0 Å². The second-order valence-corrected chi connectivity index (χ2v) is 9.21. The molecule has 8 heteroatoms. The van der Waals surface area contributed by atoms with Crippen LogP contribution in [0, 0.1) is 12.3 Å². The Morgan fingerprint density at radius 1 is 1.32 bits per heavy atom. The summed E-state index contributed by atoms with van der Waals surface area (Å²) in [6, 6.07) is 1.54. The number of aryl methyl sites for hydroxylation is 1. The SMILES string of the molecule is Cc1cnc2c(c1)[nH]c(=O)c(=O)n2C1CCN(C(=O)OC(C)(C)C)CC1(C)C. The van der Waals surface area contributed by atoms with Gasteiger partial charge in [0.05, 0.1) is 5.52 Å². The quantitative estimate of drug-likeness (QED) is 0.758. The molecule has 0 bridgehead atoms. The molecule has 0 spiro atoms. The number of hydrogen-bond donors (Lipinski definition) is 1. The van der Waals surface area contributed by atoms with E-state index in [0.717, 1.165) is 5.56 Å². The van der Waals surface area contributed by atoms with Crippen LogP contribution < -0.4 is 11.1 Å². The Hall–Kier alpha value is -2.64. The average molecular weight is 388 g/mol. The Morgan fingerprint density at radius 2 is 2.00 bits per heavy atom. The van der Waals surface area contributed by atoms with Crippen molar-refractivity contribution in [1.29, 1.82) is 0 Å². The van der Waals surface area contributed by atoms with Gasteiger partial charge in [-0.3, -0.25) is 14.2 Å². The van der Waals surface area contributed by atoms with Gasteiger partial charge in [0.1, 0.15) is 5.60 Å². The van der Waals surface area contributed by atoms with Gasteiger partial charge in [0, 0.05) is 30.7 Å². The lowest BCUT2D eigenvalue weighted by molar-refractivity contribution is -0.00203. The number of hydrogen-bond acceptors (Lipinski definition) is 5. The molecule has 3 heterocycles. The fourth-order valence-electron chi connectivity index (χ4n) is 3.82. The van der Waals surface area contributed by atoms with Crippen molar-refractivity contribution in [1.82, 2.24) is 19.4 Å². The number of amides is 1. The minimum Gasteiger partial charge on any atom is -0.444 e. The first-order chi connectivity index (χ1) is 12.9. The molecule has 1 unspecified atom stereocenters.